The lowest BCUT2D eigenvalue weighted by atomic mass is 9.77. The maximum atomic E-state index is 11.2. The summed E-state index contributed by atoms with van der Waals surface area (Å²) in [4.78, 5) is 28.1. The number of anilines is 2. The summed E-state index contributed by atoms with van der Waals surface area (Å²) in [5.74, 6) is 2.63. The summed E-state index contributed by atoms with van der Waals surface area (Å²) in [5.41, 5.74) is 6.80. The first-order valence-electron chi connectivity index (χ1n) is 28.5. The van der Waals surface area contributed by atoms with Gasteiger partial charge in [-0.25, -0.2) is 29.9 Å². The molecule has 0 spiro atoms. The number of hydrogen-bond acceptors (Lipinski definition) is 16. The van der Waals surface area contributed by atoms with Gasteiger partial charge in [-0.3, -0.25) is 9.13 Å². The third-order valence-electron chi connectivity index (χ3n) is 16.0. The molecule has 2 aliphatic heterocycles. The number of rotatable bonds is 20. The van der Waals surface area contributed by atoms with Gasteiger partial charge in [-0.15, -0.1) is 0 Å². The highest BCUT2D eigenvalue weighted by atomic mass is 16.6. The van der Waals surface area contributed by atoms with Crippen LogP contribution in [0.3, 0.4) is 0 Å². The van der Waals surface area contributed by atoms with Crippen LogP contribution in [-0.4, -0.2) is 114 Å². The van der Waals surface area contributed by atoms with Gasteiger partial charge in [0.1, 0.15) is 59.8 Å². The van der Waals surface area contributed by atoms with Crippen molar-refractivity contribution in [1.29, 1.82) is 0 Å². The molecule has 432 valence electrons. The molecule has 18 nitrogen and oxygen atoms in total. The largest absolute Gasteiger partial charge is 0.497 e. The summed E-state index contributed by atoms with van der Waals surface area (Å²) in [6.07, 6.45) is 3.86. The summed E-state index contributed by atoms with van der Waals surface area (Å²) in [6, 6.07) is 57.2. The van der Waals surface area contributed by atoms with Crippen molar-refractivity contribution < 1.29 is 38.6 Å². The zero-order chi connectivity index (χ0) is 58.2. The monoisotopic (exact) mass is 1130 g/mol. The van der Waals surface area contributed by atoms with E-state index < -0.39 is 41.8 Å². The van der Waals surface area contributed by atoms with Crippen LogP contribution < -0.4 is 20.1 Å². The van der Waals surface area contributed by atoms with Crippen molar-refractivity contribution in [3.8, 4) is 11.5 Å². The normalized spacial score (nSPS) is 20.6. The van der Waals surface area contributed by atoms with Crippen LogP contribution in [-0.2, 0) is 30.0 Å². The minimum atomic E-state index is -0.870. The number of aliphatic hydroxyl groups is 2. The fourth-order valence-corrected chi connectivity index (χ4v) is 12.0. The van der Waals surface area contributed by atoms with Crippen LogP contribution >= 0.6 is 0 Å². The average molecular weight is 1130 g/mol. The van der Waals surface area contributed by atoms with E-state index in [4.69, 9.17) is 43.4 Å². The predicted molar refractivity (Wildman–Crippen MR) is 321 cm³/mol. The second-order valence-electron chi connectivity index (χ2n) is 20.7. The molecule has 2 saturated heterocycles. The van der Waals surface area contributed by atoms with E-state index in [0.717, 1.165) is 44.9 Å². The molecule has 6 aromatic carbocycles. The summed E-state index contributed by atoms with van der Waals surface area (Å²) in [6.45, 7) is 8.84. The molecule has 4 aromatic heterocycles. The van der Waals surface area contributed by atoms with Crippen LogP contribution in [0.4, 0.5) is 11.6 Å². The molecule has 10 aromatic rings. The number of aromatic nitrogens is 8. The van der Waals surface area contributed by atoms with E-state index in [2.05, 4.69) is 105 Å². The van der Waals surface area contributed by atoms with E-state index in [9.17, 15) is 10.2 Å². The smallest absolute Gasteiger partial charge is 0.167 e. The summed E-state index contributed by atoms with van der Waals surface area (Å²) in [7, 11) is 3.32. The van der Waals surface area contributed by atoms with Crippen LogP contribution in [0.1, 0.15) is 80.0 Å². The quantitative estimate of drug-likeness (QED) is 0.0524. The van der Waals surface area contributed by atoms with Crippen LogP contribution in [0.5, 0.6) is 11.5 Å². The average Bonchev–Trinajstić information content (AvgIpc) is 1.69. The highest BCUT2D eigenvalue weighted by Gasteiger charge is 2.47. The third-order valence-corrected chi connectivity index (χ3v) is 16.0. The lowest BCUT2D eigenvalue weighted by Gasteiger charge is -2.37. The van der Waals surface area contributed by atoms with Gasteiger partial charge in [0.05, 0.1) is 45.7 Å². The van der Waals surface area contributed by atoms with Crippen LogP contribution in [0.25, 0.3) is 22.3 Å². The fourth-order valence-electron chi connectivity index (χ4n) is 12.0. The van der Waals surface area contributed by atoms with Gasteiger partial charge in [0.2, 0.25) is 0 Å². The van der Waals surface area contributed by atoms with Crippen molar-refractivity contribution in [2.75, 3.05) is 44.7 Å². The number of nitrogens with one attached hydrogen (secondary N) is 2. The van der Waals surface area contributed by atoms with Gasteiger partial charge in [-0.1, -0.05) is 159 Å². The molecule has 0 bridgehead atoms. The molecule has 12 rings (SSSR count). The number of ether oxygens (including phenoxy) is 6. The Morgan fingerprint density at radius 1 is 0.488 bits per heavy atom. The maximum Gasteiger partial charge on any atom is 0.167 e. The number of hydrogen-bond donors (Lipinski definition) is 4. The van der Waals surface area contributed by atoms with Crippen LogP contribution in [0.15, 0.2) is 195 Å². The maximum absolute atomic E-state index is 11.2. The molecular weight excluding hydrogens is 1060 g/mol. The summed E-state index contributed by atoms with van der Waals surface area (Å²) < 4.78 is 39.0. The first-order chi connectivity index (χ1) is 41.2. The number of aliphatic hydroxyl groups excluding tert-OH is 2. The molecule has 6 heterocycles. The molecule has 84 heavy (non-hydrogen) atoms. The Bertz CT molecular complexity index is 3390. The molecule has 2 fully saturated rings. The number of benzene rings is 6. The fraction of sp³-hybridized carbons (Fsp3) is 0.303. The van der Waals surface area contributed by atoms with Gasteiger partial charge in [0, 0.05) is 19.1 Å². The Morgan fingerprint density at radius 3 is 1.25 bits per heavy atom. The first-order valence-corrected chi connectivity index (χ1v) is 28.5. The third kappa shape index (κ3) is 10.7. The Balaban J connectivity index is 0.000000175. The molecule has 4 N–H and O–H groups in total. The molecule has 8 atom stereocenters. The number of nitrogens with zero attached hydrogens (tertiary/aromatic N) is 8. The van der Waals surface area contributed by atoms with Gasteiger partial charge in [-0.2, -0.15) is 0 Å². The zero-order valence-corrected chi connectivity index (χ0v) is 47.8. The number of methoxy groups -OCH3 is 2. The van der Waals surface area contributed by atoms with Crippen molar-refractivity contribution in [2.24, 2.45) is 5.92 Å². The molecule has 2 aliphatic rings. The second-order valence-corrected chi connectivity index (χ2v) is 20.7. The highest BCUT2D eigenvalue weighted by molar-refractivity contribution is 5.85. The predicted octanol–water partition coefficient (Wildman–Crippen LogP) is 10.5. The number of imidazole rings is 2. The van der Waals surface area contributed by atoms with E-state index >= 15 is 0 Å². The van der Waals surface area contributed by atoms with Gasteiger partial charge >= 0.3 is 0 Å². The minimum absolute atomic E-state index is 0.0297. The highest BCUT2D eigenvalue weighted by Crippen LogP contribution is 2.45. The Morgan fingerprint density at radius 2 is 0.869 bits per heavy atom. The Labute approximate surface area is 488 Å². The second kappa shape index (κ2) is 25.5. The first kappa shape index (κ1) is 57.2. The minimum Gasteiger partial charge on any atom is -0.497 e. The molecular formula is C66H70N10O8. The lowest BCUT2D eigenvalue weighted by Crippen LogP contribution is -2.38. The van der Waals surface area contributed by atoms with E-state index in [0.29, 0.717) is 53.6 Å². The standard InChI is InChI=1S/2C33H35N5O4/c1-4-41-29-22(2)32(42-27(29)19-39)38-21-36-28-30(34-20-35-31(28)38)37-33(23-11-7-5-8-12-23,24-13-9-6-10-14-24)25-15-17-26(40-3)18-16-25;1-4-26-29(41-5-2)28(39)32(42-26)38-21-36-27-30(34-20-35-31(27)38)37-33(22-12-8-6-9-13-22,23-14-10-7-11-15-23)24-16-18-25(40-3)19-17-24/h5-18,20-22,27,29,32,39H,4,19H2,1-3H3,(H,34,35,37);6-21,26,28-29,32,39H,4-5H2,1-3H3,(H,34,35,37)/t22?,27-,29?,32-;26-,28?,29?,32-/m11/s1. The Hall–Kier alpha value is -8.62. The molecule has 4 unspecified atom stereocenters. The van der Waals surface area contributed by atoms with E-state index in [-0.39, 0.29) is 24.7 Å². The molecule has 18 heteroatoms. The van der Waals surface area contributed by atoms with Crippen molar-refractivity contribution in [3.05, 3.63) is 229 Å². The van der Waals surface area contributed by atoms with Gasteiger partial charge < -0.3 is 49.3 Å². The Kier molecular flexibility index (Phi) is 17.4. The molecule has 0 radical (unpaired) electrons. The van der Waals surface area contributed by atoms with Crippen molar-refractivity contribution in [2.45, 2.75) is 88.2 Å². The SMILES string of the molecule is CCOC1C(C)[C@H](n2cnc3c(NC(c4ccccc4)(c4ccccc4)c4ccc(OC)cc4)ncnc32)O[C@@H]1CO.CCOC1C(O)[C@H](n2cnc3c(NC(c4ccccc4)(c4ccccc4)c4ccc(OC)cc4)ncnc32)O[C@@H]1CC. The summed E-state index contributed by atoms with van der Waals surface area (Å²) in [5, 5.41) is 28.8. The lowest BCUT2D eigenvalue weighted by molar-refractivity contribution is -0.0584. The summed E-state index contributed by atoms with van der Waals surface area (Å²) >= 11 is 0. The number of fused-ring (bicyclic) bond motifs is 2. The van der Waals surface area contributed by atoms with E-state index in [1.807, 2.05) is 122 Å². The van der Waals surface area contributed by atoms with E-state index in [1.165, 1.54) is 6.33 Å². The van der Waals surface area contributed by atoms with Crippen molar-refractivity contribution in [3.63, 3.8) is 0 Å². The van der Waals surface area contributed by atoms with Crippen LogP contribution in [0.2, 0.25) is 0 Å². The topological polar surface area (TPSA) is 207 Å². The molecule has 0 aliphatic carbocycles. The van der Waals surface area contributed by atoms with Crippen molar-refractivity contribution in [1.82, 2.24) is 39.0 Å². The molecule has 0 saturated carbocycles. The molecule has 0 amide bonds. The zero-order valence-electron chi connectivity index (χ0n) is 47.8. The van der Waals surface area contributed by atoms with Gasteiger partial charge in [0.25, 0.3) is 0 Å². The van der Waals surface area contributed by atoms with Gasteiger partial charge in [0.15, 0.2) is 40.2 Å². The van der Waals surface area contributed by atoms with Crippen molar-refractivity contribution >= 4 is 34.0 Å². The van der Waals surface area contributed by atoms with E-state index in [1.54, 1.807) is 37.8 Å². The van der Waals surface area contributed by atoms with Crippen LogP contribution in [0, 0.1) is 5.92 Å². The van der Waals surface area contributed by atoms with Gasteiger partial charge in [-0.05, 0) is 77.9 Å².